The van der Waals surface area contributed by atoms with Crippen molar-refractivity contribution in [3.05, 3.63) is 55.5 Å². The molecule has 1 fully saturated rings. The molecule has 0 bridgehead atoms. The van der Waals surface area contributed by atoms with Crippen molar-refractivity contribution >= 4 is 56.3 Å². The first-order valence-corrected chi connectivity index (χ1v) is 10.3. The molecule has 1 amide bonds. The number of carbonyl (C=O) groups excluding carboxylic acids is 3. The van der Waals surface area contributed by atoms with Crippen molar-refractivity contribution in [2.75, 3.05) is 26.3 Å². The second-order valence-corrected chi connectivity index (χ2v) is 7.87. The van der Waals surface area contributed by atoms with Crippen LogP contribution in [-0.2, 0) is 4.74 Å². The van der Waals surface area contributed by atoms with E-state index >= 15 is 0 Å². The molecular weight excluding hydrogens is 542 g/mol. The molecule has 0 aromatic heterocycles. The number of carboxylic acid groups (broad SMARTS) is 1. The molecule has 3 N–H and O–H groups in total. The zero-order valence-corrected chi connectivity index (χ0v) is 19.1. The van der Waals surface area contributed by atoms with Gasteiger partial charge in [0.15, 0.2) is 12.6 Å². The number of phenolic OH excluding ortho intramolecular Hbond substituents is 1. The van der Waals surface area contributed by atoms with Crippen LogP contribution in [0.5, 0.6) is 11.5 Å². The van der Waals surface area contributed by atoms with Gasteiger partial charge >= 0.3 is 5.97 Å². The molecule has 1 aliphatic rings. The van der Waals surface area contributed by atoms with Crippen LogP contribution in [0.15, 0.2) is 33.2 Å². The van der Waals surface area contributed by atoms with Crippen LogP contribution in [-0.4, -0.2) is 71.0 Å². The molecule has 9 nitrogen and oxygen atoms in total. The normalized spacial score (nSPS) is 13.0. The molecule has 0 unspecified atom stereocenters. The molecule has 0 atom stereocenters. The number of halogens is 2. The Labute approximate surface area is 193 Å². The van der Waals surface area contributed by atoms with Crippen LogP contribution >= 0.6 is 31.9 Å². The lowest BCUT2D eigenvalue weighted by Gasteiger charge is -2.27. The molecule has 31 heavy (non-hydrogen) atoms. The van der Waals surface area contributed by atoms with Crippen LogP contribution in [0.3, 0.4) is 0 Å². The molecule has 11 heteroatoms. The van der Waals surface area contributed by atoms with Crippen molar-refractivity contribution in [2.45, 2.75) is 0 Å². The van der Waals surface area contributed by atoms with E-state index in [4.69, 9.17) is 9.84 Å². The molecule has 0 radical (unpaired) electrons. The fraction of sp³-hybridized carbons (Fsp3) is 0.200. The number of aromatic carboxylic acids is 1. The molecule has 2 aromatic rings. The first kappa shape index (κ1) is 24.5. The number of rotatable bonds is 4. The van der Waals surface area contributed by atoms with Crippen molar-refractivity contribution in [1.82, 2.24) is 4.90 Å². The number of carbonyl (C=O) groups is 4. The number of nitrogens with zero attached hydrogens (tertiary/aromatic N) is 1. The lowest BCUT2D eigenvalue weighted by atomic mass is 10.1. The zero-order valence-electron chi connectivity index (χ0n) is 15.9. The number of phenols is 2. The van der Waals surface area contributed by atoms with Gasteiger partial charge in [0.2, 0.25) is 0 Å². The number of aldehydes is 2. The number of aromatic hydroxyl groups is 2. The van der Waals surface area contributed by atoms with Gasteiger partial charge in [-0.05, 0) is 56.1 Å². The summed E-state index contributed by atoms with van der Waals surface area (Å²) >= 11 is 6.16. The average Bonchev–Trinajstić information content (AvgIpc) is 2.75. The molecule has 1 heterocycles. The van der Waals surface area contributed by atoms with E-state index in [1.165, 1.54) is 18.2 Å². The highest BCUT2D eigenvalue weighted by Crippen LogP contribution is 2.29. The van der Waals surface area contributed by atoms with Crippen LogP contribution in [0.4, 0.5) is 0 Å². The summed E-state index contributed by atoms with van der Waals surface area (Å²) in [5.41, 5.74) is -0.110. The maximum absolute atomic E-state index is 12.2. The Morgan fingerprint density at radius 1 is 0.871 bits per heavy atom. The predicted octanol–water partition coefficient (Wildman–Crippen LogP) is 3.11. The van der Waals surface area contributed by atoms with Crippen molar-refractivity contribution in [2.24, 2.45) is 0 Å². The van der Waals surface area contributed by atoms with Gasteiger partial charge < -0.3 is 25.0 Å². The van der Waals surface area contributed by atoms with Crippen molar-refractivity contribution in [3.63, 3.8) is 0 Å². The third-order valence-corrected chi connectivity index (χ3v) is 5.71. The largest absolute Gasteiger partial charge is 0.506 e. The van der Waals surface area contributed by atoms with Crippen molar-refractivity contribution in [3.8, 4) is 11.5 Å². The Balaban J connectivity index is 0.000000233. The minimum atomic E-state index is -1.27. The molecule has 3 rings (SSSR count). The SMILES string of the molecule is O=Cc1c(Br)ccc(C(=O)N2CCOCC2)c1O.O=Cc1c(Br)ccc(C(=O)O)c1O. The van der Waals surface area contributed by atoms with Gasteiger partial charge in [0, 0.05) is 22.0 Å². The van der Waals surface area contributed by atoms with Crippen molar-refractivity contribution in [1.29, 1.82) is 0 Å². The van der Waals surface area contributed by atoms with E-state index in [1.807, 2.05) is 0 Å². The highest BCUT2D eigenvalue weighted by atomic mass is 79.9. The fourth-order valence-corrected chi connectivity index (χ4v) is 3.50. The smallest absolute Gasteiger partial charge is 0.339 e. The van der Waals surface area contributed by atoms with E-state index in [0.29, 0.717) is 47.8 Å². The Bertz CT molecular complexity index is 1020. The van der Waals surface area contributed by atoms with Crippen LogP contribution in [0.25, 0.3) is 0 Å². The second kappa shape index (κ2) is 11.0. The summed E-state index contributed by atoms with van der Waals surface area (Å²) < 4.78 is 5.99. The maximum atomic E-state index is 12.2. The first-order valence-electron chi connectivity index (χ1n) is 8.76. The lowest BCUT2D eigenvalue weighted by molar-refractivity contribution is 0.0301. The van der Waals surface area contributed by atoms with Gasteiger partial charge in [0.05, 0.1) is 29.9 Å². The van der Waals surface area contributed by atoms with Crippen LogP contribution in [0, 0.1) is 0 Å². The van der Waals surface area contributed by atoms with E-state index in [1.54, 1.807) is 11.0 Å². The van der Waals surface area contributed by atoms with E-state index in [0.717, 1.165) is 0 Å². The quantitative estimate of drug-likeness (QED) is 0.486. The molecule has 2 aromatic carbocycles. The zero-order chi connectivity index (χ0) is 23.1. The average molecular weight is 559 g/mol. The number of amides is 1. The summed E-state index contributed by atoms with van der Waals surface area (Å²) in [5, 5.41) is 27.8. The molecule has 0 spiro atoms. The maximum Gasteiger partial charge on any atom is 0.339 e. The topological polar surface area (TPSA) is 141 Å². The Kier molecular flexibility index (Phi) is 8.72. The van der Waals surface area contributed by atoms with Crippen LogP contribution in [0.2, 0.25) is 0 Å². The summed E-state index contributed by atoms with van der Waals surface area (Å²) in [4.78, 5) is 45.6. The Morgan fingerprint density at radius 3 is 1.77 bits per heavy atom. The number of hydrogen-bond acceptors (Lipinski definition) is 7. The summed E-state index contributed by atoms with van der Waals surface area (Å²) in [6.45, 7) is 1.96. The van der Waals surface area contributed by atoms with Gasteiger partial charge in [-0.3, -0.25) is 14.4 Å². The van der Waals surface area contributed by atoms with Gasteiger partial charge in [-0.15, -0.1) is 0 Å². The minimum absolute atomic E-state index is 0.0556. The van der Waals surface area contributed by atoms with Gasteiger partial charge in [0.25, 0.3) is 5.91 Å². The molecule has 0 saturated carbocycles. The van der Waals surface area contributed by atoms with E-state index in [2.05, 4.69) is 31.9 Å². The number of carboxylic acids is 1. The third-order valence-electron chi connectivity index (χ3n) is 4.32. The standard InChI is InChI=1S/C12H12BrNO4.C8H5BrO4/c13-10-2-1-8(11(16)9(10)7-15)12(17)14-3-5-18-6-4-14;9-6-2-1-4(8(12)13)7(11)5(6)3-10/h1-2,7,16H,3-6H2;1-3,11H,(H,12,13). The summed E-state index contributed by atoms with van der Waals surface area (Å²) in [6.07, 6.45) is 0.918. The van der Waals surface area contributed by atoms with Gasteiger partial charge in [-0.25, -0.2) is 4.79 Å². The Morgan fingerprint density at radius 2 is 1.32 bits per heavy atom. The monoisotopic (exact) mass is 557 g/mol. The van der Waals surface area contributed by atoms with Crippen LogP contribution < -0.4 is 0 Å². The number of benzene rings is 2. The van der Waals surface area contributed by atoms with E-state index in [-0.39, 0.29) is 33.9 Å². The molecule has 1 saturated heterocycles. The van der Waals surface area contributed by atoms with Crippen LogP contribution in [0.1, 0.15) is 41.4 Å². The molecular formula is C20H17Br2NO8. The second-order valence-electron chi connectivity index (χ2n) is 6.16. The molecule has 164 valence electrons. The molecule has 1 aliphatic heterocycles. The fourth-order valence-electron chi connectivity index (χ4n) is 2.67. The number of morpholine rings is 1. The van der Waals surface area contributed by atoms with Crippen molar-refractivity contribution < 1.29 is 39.2 Å². The van der Waals surface area contributed by atoms with Gasteiger partial charge in [0.1, 0.15) is 17.1 Å². The highest BCUT2D eigenvalue weighted by Gasteiger charge is 2.23. The number of hydrogen-bond donors (Lipinski definition) is 3. The Hall–Kier alpha value is -2.76. The first-order chi connectivity index (χ1) is 14.7. The third kappa shape index (κ3) is 5.69. The van der Waals surface area contributed by atoms with E-state index < -0.39 is 11.7 Å². The highest BCUT2D eigenvalue weighted by molar-refractivity contribution is 9.10. The lowest BCUT2D eigenvalue weighted by Crippen LogP contribution is -2.40. The summed E-state index contributed by atoms with van der Waals surface area (Å²) in [7, 11) is 0. The minimum Gasteiger partial charge on any atom is -0.506 e. The molecule has 0 aliphatic carbocycles. The summed E-state index contributed by atoms with van der Waals surface area (Å²) in [6, 6.07) is 5.70. The van der Waals surface area contributed by atoms with E-state index in [9.17, 15) is 29.4 Å². The predicted molar refractivity (Wildman–Crippen MR) is 116 cm³/mol. The van der Waals surface area contributed by atoms with Gasteiger partial charge in [-0.1, -0.05) is 0 Å². The summed E-state index contributed by atoms with van der Waals surface area (Å²) in [5.74, 6) is -2.35. The van der Waals surface area contributed by atoms with Gasteiger partial charge in [-0.2, -0.15) is 0 Å². The number of ether oxygens (including phenoxy) is 1.